The third-order valence-electron chi connectivity index (χ3n) is 3.67. The Morgan fingerprint density at radius 1 is 1.30 bits per heavy atom. The van der Waals surface area contributed by atoms with E-state index >= 15 is 0 Å². The van der Waals surface area contributed by atoms with Crippen molar-refractivity contribution in [2.75, 3.05) is 6.61 Å². The second-order valence-corrected chi connectivity index (χ2v) is 6.00. The summed E-state index contributed by atoms with van der Waals surface area (Å²) in [6.45, 7) is 6.89. The van der Waals surface area contributed by atoms with Crippen LogP contribution in [0, 0.1) is 5.92 Å². The molecule has 2 N–H and O–H groups in total. The van der Waals surface area contributed by atoms with Gasteiger partial charge in [0.25, 0.3) is 5.91 Å². The Bertz CT molecular complexity index is 634. The van der Waals surface area contributed by atoms with Crippen LogP contribution in [0.15, 0.2) is 30.6 Å². The third kappa shape index (κ3) is 4.39. The standard InChI is InChI=1S/C17H24N4O2/c1-4-21-11-18-20-16(21)13-5-7-14(8-6-13)17(23)19-15(10-22)9-12(2)3/h5-8,11-12,15,22H,4,9-10H2,1-3H3,(H,19,23). The Balaban J connectivity index is 2.08. The van der Waals surface area contributed by atoms with Gasteiger partial charge in [-0.05, 0) is 31.4 Å². The lowest BCUT2D eigenvalue weighted by Crippen LogP contribution is -2.38. The van der Waals surface area contributed by atoms with E-state index in [0.29, 0.717) is 11.5 Å². The minimum atomic E-state index is -0.217. The van der Waals surface area contributed by atoms with E-state index in [0.717, 1.165) is 24.4 Å². The van der Waals surface area contributed by atoms with Crippen LogP contribution in [-0.2, 0) is 6.54 Å². The molecule has 1 aromatic heterocycles. The molecule has 0 radical (unpaired) electrons. The zero-order valence-corrected chi connectivity index (χ0v) is 13.9. The molecule has 2 aromatic rings. The molecule has 0 saturated heterocycles. The average molecular weight is 316 g/mol. The monoisotopic (exact) mass is 316 g/mol. The molecule has 1 amide bonds. The summed E-state index contributed by atoms with van der Waals surface area (Å²) in [5.74, 6) is 1.02. The number of aromatic nitrogens is 3. The number of benzene rings is 1. The molecule has 0 aliphatic rings. The third-order valence-corrected chi connectivity index (χ3v) is 3.67. The molecule has 6 nitrogen and oxygen atoms in total. The first-order chi connectivity index (χ1) is 11.0. The molecule has 0 bridgehead atoms. The fraction of sp³-hybridized carbons (Fsp3) is 0.471. The van der Waals surface area contributed by atoms with E-state index in [1.165, 1.54) is 0 Å². The molecule has 0 fully saturated rings. The van der Waals surface area contributed by atoms with E-state index in [1.54, 1.807) is 18.5 Å². The molecular weight excluding hydrogens is 292 g/mol. The molecule has 1 aromatic carbocycles. The largest absolute Gasteiger partial charge is 0.394 e. The van der Waals surface area contributed by atoms with Gasteiger partial charge in [0.2, 0.25) is 0 Å². The highest BCUT2D eigenvalue weighted by Crippen LogP contribution is 2.17. The van der Waals surface area contributed by atoms with E-state index in [2.05, 4.69) is 29.4 Å². The molecule has 0 aliphatic carbocycles. The Kier molecular flexibility index (Phi) is 5.87. The molecule has 0 spiro atoms. The van der Waals surface area contributed by atoms with E-state index in [-0.39, 0.29) is 18.6 Å². The SMILES string of the molecule is CCn1cnnc1-c1ccc(C(=O)NC(CO)CC(C)C)cc1. The van der Waals surface area contributed by atoms with Crippen LogP contribution in [0.25, 0.3) is 11.4 Å². The summed E-state index contributed by atoms with van der Waals surface area (Å²) in [5.41, 5.74) is 1.49. The number of hydrogen-bond acceptors (Lipinski definition) is 4. The lowest BCUT2D eigenvalue weighted by molar-refractivity contribution is 0.0908. The lowest BCUT2D eigenvalue weighted by Gasteiger charge is -2.18. The topological polar surface area (TPSA) is 80.0 Å². The Morgan fingerprint density at radius 3 is 2.57 bits per heavy atom. The normalized spacial score (nSPS) is 12.4. The van der Waals surface area contributed by atoms with Crippen LogP contribution in [0.5, 0.6) is 0 Å². The molecule has 23 heavy (non-hydrogen) atoms. The first-order valence-electron chi connectivity index (χ1n) is 7.95. The predicted molar refractivity (Wildman–Crippen MR) is 88.9 cm³/mol. The van der Waals surface area contributed by atoms with Crippen LogP contribution in [0.3, 0.4) is 0 Å². The fourth-order valence-corrected chi connectivity index (χ4v) is 2.50. The van der Waals surface area contributed by atoms with Crippen molar-refractivity contribution < 1.29 is 9.90 Å². The van der Waals surface area contributed by atoms with Gasteiger partial charge in [0.15, 0.2) is 5.82 Å². The quantitative estimate of drug-likeness (QED) is 0.820. The van der Waals surface area contributed by atoms with Gasteiger partial charge in [0.1, 0.15) is 6.33 Å². The highest BCUT2D eigenvalue weighted by Gasteiger charge is 2.15. The molecule has 0 saturated carbocycles. The summed E-state index contributed by atoms with van der Waals surface area (Å²) in [5, 5.41) is 20.3. The maximum atomic E-state index is 12.3. The Hall–Kier alpha value is -2.21. The van der Waals surface area contributed by atoms with Gasteiger partial charge >= 0.3 is 0 Å². The second-order valence-electron chi connectivity index (χ2n) is 6.00. The molecule has 1 atom stereocenters. The zero-order chi connectivity index (χ0) is 16.8. The number of amides is 1. The van der Waals surface area contributed by atoms with Crippen LogP contribution in [-0.4, -0.2) is 38.4 Å². The predicted octanol–water partition coefficient (Wildman–Crippen LogP) is 2.10. The van der Waals surface area contributed by atoms with Gasteiger partial charge in [-0.3, -0.25) is 4.79 Å². The van der Waals surface area contributed by atoms with Gasteiger partial charge in [-0.2, -0.15) is 0 Å². The van der Waals surface area contributed by atoms with Crippen molar-refractivity contribution >= 4 is 5.91 Å². The van der Waals surface area contributed by atoms with E-state index in [1.807, 2.05) is 23.6 Å². The number of rotatable bonds is 7. The number of aliphatic hydroxyl groups excluding tert-OH is 1. The van der Waals surface area contributed by atoms with Crippen molar-refractivity contribution in [3.63, 3.8) is 0 Å². The molecule has 1 unspecified atom stereocenters. The Labute approximate surface area is 136 Å². The number of aliphatic hydroxyl groups is 1. The molecular formula is C17H24N4O2. The van der Waals surface area contributed by atoms with E-state index < -0.39 is 0 Å². The van der Waals surface area contributed by atoms with Crippen LogP contribution in [0.4, 0.5) is 0 Å². The van der Waals surface area contributed by atoms with Crippen LogP contribution >= 0.6 is 0 Å². The van der Waals surface area contributed by atoms with Crippen LogP contribution in [0.1, 0.15) is 37.6 Å². The molecule has 1 heterocycles. The summed E-state index contributed by atoms with van der Waals surface area (Å²) in [6.07, 6.45) is 2.44. The highest BCUT2D eigenvalue weighted by molar-refractivity contribution is 5.94. The molecule has 0 aliphatic heterocycles. The van der Waals surface area contributed by atoms with Crippen molar-refractivity contribution in [1.82, 2.24) is 20.1 Å². The van der Waals surface area contributed by atoms with Crippen LogP contribution in [0.2, 0.25) is 0 Å². The van der Waals surface area contributed by atoms with Gasteiger partial charge in [-0.15, -0.1) is 10.2 Å². The Morgan fingerprint density at radius 2 is 2.00 bits per heavy atom. The summed E-state index contributed by atoms with van der Waals surface area (Å²) >= 11 is 0. The number of aryl methyl sites for hydroxylation is 1. The average Bonchev–Trinajstić information content (AvgIpc) is 3.02. The maximum Gasteiger partial charge on any atom is 0.251 e. The molecule has 6 heteroatoms. The second kappa shape index (κ2) is 7.87. The first-order valence-corrected chi connectivity index (χ1v) is 7.95. The molecule has 124 valence electrons. The number of nitrogens with zero attached hydrogens (tertiary/aromatic N) is 3. The van der Waals surface area contributed by atoms with Gasteiger partial charge in [0, 0.05) is 17.7 Å². The van der Waals surface area contributed by atoms with Crippen molar-refractivity contribution in [3.8, 4) is 11.4 Å². The van der Waals surface area contributed by atoms with Crippen molar-refractivity contribution in [1.29, 1.82) is 0 Å². The molecule has 2 rings (SSSR count). The number of carbonyl (C=O) groups excluding carboxylic acids is 1. The highest BCUT2D eigenvalue weighted by atomic mass is 16.3. The van der Waals surface area contributed by atoms with Crippen molar-refractivity contribution in [3.05, 3.63) is 36.2 Å². The van der Waals surface area contributed by atoms with Gasteiger partial charge < -0.3 is 15.0 Å². The van der Waals surface area contributed by atoms with E-state index in [4.69, 9.17) is 0 Å². The number of carbonyl (C=O) groups is 1. The summed E-state index contributed by atoms with van der Waals surface area (Å²) in [7, 11) is 0. The van der Waals surface area contributed by atoms with Gasteiger partial charge in [0.05, 0.1) is 12.6 Å². The minimum Gasteiger partial charge on any atom is -0.394 e. The van der Waals surface area contributed by atoms with Crippen molar-refractivity contribution in [2.45, 2.75) is 39.8 Å². The summed E-state index contributed by atoms with van der Waals surface area (Å²) in [4.78, 5) is 12.3. The maximum absolute atomic E-state index is 12.3. The first kappa shape index (κ1) is 17.1. The zero-order valence-electron chi connectivity index (χ0n) is 13.9. The smallest absolute Gasteiger partial charge is 0.251 e. The fourth-order valence-electron chi connectivity index (χ4n) is 2.50. The van der Waals surface area contributed by atoms with Gasteiger partial charge in [-0.25, -0.2) is 0 Å². The van der Waals surface area contributed by atoms with Crippen LogP contribution < -0.4 is 5.32 Å². The minimum absolute atomic E-state index is 0.0540. The number of hydrogen-bond donors (Lipinski definition) is 2. The lowest BCUT2D eigenvalue weighted by atomic mass is 10.0. The number of nitrogens with one attached hydrogen (secondary N) is 1. The van der Waals surface area contributed by atoms with E-state index in [9.17, 15) is 9.90 Å². The summed E-state index contributed by atoms with van der Waals surface area (Å²) in [6, 6.07) is 7.04. The summed E-state index contributed by atoms with van der Waals surface area (Å²) < 4.78 is 1.94. The van der Waals surface area contributed by atoms with Gasteiger partial charge in [-0.1, -0.05) is 26.0 Å². The van der Waals surface area contributed by atoms with Crippen molar-refractivity contribution in [2.24, 2.45) is 5.92 Å².